The van der Waals surface area contributed by atoms with Gasteiger partial charge in [0, 0.05) is 31.1 Å². The molecule has 0 N–H and O–H groups in total. The highest BCUT2D eigenvalue weighted by atomic mass is 32.1. The fourth-order valence-electron chi connectivity index (χ4n) is 11.4. The Balaban J connectivity index is 0.960. The summed E-state index contributed by atoms with van der Waals surface area (Å²) < 4.78 is 9.42. The summed E-state index contributed by atoms with van der Waals surface area (Å²) >= 11 is 1.86. The van der Waals surface area contributed by atoms with E-state index in [1.54, 1.807) is 0 Å². The lowest BCUT2D eigenvalue weighted by molar-refractivity contribution is 0.487. The molecule has 1 unspecified atom stereocenters. The standard InChI is InChI=1S/C57H34OS/c1-4-18-47-38(12-1)40-25-22-36(32-50(40)57(47)48-19-5-2-13-39(48)43-15-7-10-33-11-8-20-49(57)55(33)43)37-26-28-52-56-42(37)16-9-17-44(56)45-30-34(23-27-51(45)58-52)35-24-29-54-46(31-35)41-14-3-6-21-53(41)59-54/h1-7,9-10,12-32H,8,11H2. The van der Waals surface area contributed by atoms with Gasteiger partial charge in [0.15, 0.2) is 0 Å². The molecule has 1 nitrogen and oxygen atoms in total. The first-order valence-corrected chi connectivity index (χ1v) is 21.5. The molecule has 1 spiro atoms. The Kier molecular flexibility index (Phi) is 6.27. The molecule has 0 saturated heterocycles. The predicted molar refractivity (Wildman–Crippen MR) is 247 cm³/mol. The quantitative estimate of drug-likeness (QED) is 0.170. The van der Waals surface area contributed by atoms with Crippen LogP contribution in [0.3, 0.4) is 0 Å². The molecule has 9 aromatic carbocycles. The Morgan fingerprint density at radius 3 is 2.00 bits per heavy atom. The summed E-state index contributed by atoms with van der Waals surface area (Å²) in [5.41, 5.74) is 20.6. The summed E-state index contributed by atoms with van der Waals surface area (Å²) in [7, 11) is 0. The van der Waals surface area contributed by atoms with Crippen molar-refractivity contribution >= 4 is 47.9 Å². The highest BCUT2D eigenvalue weighted by Crippen LogP contribution is 2.65. The molecule has 3 aliphatic carbocycles. The molecule has 0 saturated carbocycles. The van der Waals surface area contributed by atoms with Gasteiger partial charge in [-0.15, -0.1) is 11.3 Å². The molecule has 2 heterocycles. The fourth-order valence-corrected chi connectivity index (χ4v) is 12.4. The number of fused-ring (bicyclic) bond motifs is 14. The molecule has 10 aromatic rings. The second-order valence-electron chi connectivity index (χ2n) is 16.6. The van der Waals surface area contributed by atoms with Crippen LogP contribution < -0.4 is 4.74 Å². The van der Waals surface area contributed by atoms with E-state index in [2.05, 4.69) is 182 Å². The maximum atomic E-state index is 6.77. The molecule has 0 amide bonds. The van der Waals surface area contributed by atoms with Gasteiger partial charge in [-0.1, -0.05) is 140 Å². The maximum absolute atomic E-state index is 6.77. The summed E-state index contributed by atoms with van der Waals surface area (Å²) in [6, 6.07) is 66.1. The zero-order valence-electron chi connectivity index (χ0n) is 32.1. The highest BCUT2D eigenvalue weighted by Gasteiger charge is 2.52. The van der Waals surface area contributed by atoms with Crippen molar-refractivity contribution in [3.63, 3.8) is 0 Å². The zero-order valence-corrected chi connectivity index (χ0v) is 32.9. The van der Waals surface area contributed by atoms with E-state index < -0.39 is 5.41 Å². The predicted octanol–water partition coefficient (Wildman–Crippen LogP) is 15.6. The van der Waals surface area contributed by atoms with E-state index >= 15 is 0 Å². The number of allylic oxidation sites excluding steroid dienone is 2. The van der Waals surface area contributed by atoms with Crippen molar-refractivity contribution in [2.24, 2.45) is 0 Å². The van der Waals surface area contributed by atoms with Gasteiger partial charge in [-0.25, -0.2) is 0 Å². The molecule has 1 atom stereocenters. The minimum absolute atomic E-state index is 0.412. The average Bonchev–Trinajstić information content (AvgIpc) is 3.81. The SMILES string of the molecule is C1=C2c3c(cccc3-c3ccccc3C23c2ccccc2-c2ccc(-c4ccc5c6c(cccc46)-c4cc(-c6ccc7sc8ccccc8c7c6)ccc4O5)cc23)CC1. The van der Waals surface area contributed by atoms with Crippen LogP contribution in [0.4, 0.5) is 0 Å². The maximum Gasteiger partial charge on any atom is 0.135 e. The third-order valence-electron chi connectivity index (χ3n) is 13.8. The van der Waals surface area contributed by atoms with Crippen molar-refractivity contribution in [3.8, 4) is 67.1 Å². The van der Waals surface area contributed by atoms with Crippen LogP contribution in [-0.4, -0.2) is 0 Å². The summed E-state index contributed by atoms with van der Waals surface area (Å²) in [4.78, 5) is 0. The number of aryl methyl sites for hydroxylation is 1. The summed E-state index contributed by atoms with van der Waals surface area (Å²) in [5.74, 6) is 1.81. The Morgan fingerprint density at radius 2 is 1.08 bits per heavy atom. The topological polar surface area (TPSA) is 9.23 Å². The number of ether oxygens (including phenoxy) is 1. The number of hydrogen-bond acceptors (Lipinski definition) is 2. The van der Waals surface area contributed by atoms with Crippen LogP contribution in [0.15, 0.2) is 182 Å². The minimum atomic E-state index is -0.412. The van der Waals surface area contributed by atoms with Crippen LogP contribution in [-0.2, 0) is 11.8 Å². The monoisotopic (exact) mass is 766 g/mol. The first kappa shape index (κ1) is 32.0. The van der Waals surface area contributed by atoms with E-state index in [-0.39, 0.29) is 0 Å². The van der Waals surface area contributed by atoms with Gasteiger partial charge in [-0.05, 0) is 144 Å². The summed E-state index contributed by atoms with van der Waals surface area (Å²) in [6.07, 6.45) is 4.69. The number of thiophene rings is 1. The molecule has 274 valence electrons. The van der Waals surface area contributed by atoms with E-state index in [0.29, 0.717) is 0 Å². The van der Waals surface area contributed by atoms with Gasteiger partial charge in [0.05, 0.1) is 5.41 Å². The van der Waals surface area contributed by atoms with Crippen LogP contribution in [0.2, 0.25) is 0 Å². The molecule has 0 bridgehead atoms. The Labute approximate surface area is 346 Å². The average molecular weight is 767 g/mol. The molecule has 1 aromatic heterocycles. The lowest BCUT2D eigenvalue weighted by Crippen LogP contribution is -2.33. The summed E-state index contributed by atoms with van der Waals surface area (Å²) in [5, 5.41) is 5.01. The molecule has 1 aliphatic heterocycles. The van der Waals surface area contributed by atoms with Gasteiger partial charge in [-0.3, -0.25) is 0 Å². The fraction of sp³-hybridized carbons (Fsp3) is 0.0526. The minimum Gasteiger partial charge on any atom is -0.456 e. The van der Waals surface area contributed by atoms with Crippen molar-refractivity contribution in [1.29, 1.82) is 0 Å². The zero-order chi connectivity index (χ0) is 38.4. The molecular formula is C57H34OS. The van der Waals surface area contributed by atoms with E-state index in [9.17, 15) is 0 Å². The van der Waals surface area contributed by atoms with Gasteiger partial charge < -0.3 is 4.74 Å². The van der Waals surface area contributed by atoms with Gasteiger partial charge in [-0.2, -0.15) is 0 Å². The number of benzene rings is 9. The largest absolute Gasteiger partial charge is 0.456 e. The molecule has 4 aliphatic rings. The van der Waals surface area contributed by atoms with E-state index in [4.69, 9.17) is 4.74 Å². The second-order valence-corrected chi connectivity index (χ2v) is 17.6. The van der Waals surface area contributed by atoms with Gasteiger partial charge in [0.25, 0.3) is 0 Å². The number of rotatable bonds is 2. The van der Waals surface area contributed by atoms with Crippen LogP contribution in [0, 0.1) is 0 Å². The summed E-state index contributed by atoms with van der Waals surface area (Å²) in [6.45, 7) is 0. The van der Waals surface area contributed by atoms with Gasteiger partial charge >= 0.3 is 0 Å². The Bertz CT molecular complexity index is 3540. The van der Waals surface area contributed by atoms with E-state index in [1.165, 1.54) is 114 Å². The third kappa shape index (κ3) is 4.14. The Morgan fingerprint density at radius 1 is 0.424 bits per heavy atom. The molecule has 2 heteroatoms. The van der Waals surface area contributed by atoms with Crippen molar-refractivity contribution in [1.82, 2.24) is 0 Å². The van der Waals surface area contributed by atoms with Gasteiger partial charge in [0.1, 0.15) is 11.5 Å². The van der Waals surface area contributed by atoms with Gasteiger partial charge in [0.2, 0.25) is 0 Å². The van der Waals surface area contributed by atoms with Crippen molar-refractivity contribution in [2.75, 3.05) is 0 Å². The molecule has 0 fully saturated rings. The number of hydrogen-bond donors (Lipinski definition) is 0. The first-order chi connectivity index (χ1) is 29.2. The lowest BCUT2D eigenvalue weighted by Gasteiger charge is -2.44. The van der Waals surface area contributed by atoms with E-state index in [0.717, 1.165) is 29.9 Å². The highest BCUT2D eigenvalue weighted by molar-refractivity contribution is 7.25. The van der Waals surface area contributed by atoms with Crippen LogP contribution >= 0.6 is 11.3 Å². The van der Waals surface area contributed by atoms with Crippen LogP contribution in [0.25, 0.3) is 92.2 Å². The lowest BCUT2D eigenvalue weighted by atomic mass is 9.58. The molecule has 14 rings (SSSR count). The van der Waals surface area contributed by atoms with Crippen LogP contribution in [0.1, 0.15) is 34.2 Å². The van der Waals surface area contributed by atoms with Crippen LogP contribution in [0.5, 0.6) is 11.5 Å². The Hall–Kier alpha value is -7.00. The first-order valence-electron chi connectivity index (χ1n) is 20.7. The molecule has 0 radical (unpaired) electrons. The van der Waals surface area contributed by atoms with Crippen molar-refractivity contribution < 1.29 is 4.74 Å². The molecule has 59 heavy (non-hydrogen) atoms. The molecular weight excluding hydrogens is 733 g/mol. The second kappa shape index (κ2) is 11.6. The normalized spacial score (nSPS) is 16.3. The third-order valence-corrected chi connectivity index (χ3v) is 14.9. The smallest absolute Gasteiger partial charge is 0.135 e. The van der Waals surface area contributed by atoms with Crippen molar-refractivity contribution in [3.05, 3.63) is 210 Å². The van der Waals surface area contributed by atoms with E-state index in [1.807, 2.05) is 11.3 Å². The van der Waals surface area contributed by atoms with Crippen molar-refractivity contribution in [2.45, 2.75) is 18.3 Å².